The molecule has 0 saturated carbocycles. The monoisotopic (exact) mass is 423 g/mol. The van der Waals surface area contributed by atoms with E-state index in [0.29, 0.717) is 17.5 Å². The van der Waals surface area contributed by atoms with Crippen molar-refractivity contribution < 1.29 is 24.2 Å². The standard InChI is InChI=1S/C23H25N3O5/c1-31-23(30)18(14-8-9-15-24)25-22(29)20(27)19(16-10-4-2-5-11-16)26-21(28)17-12-6-3-7-13-17/h2-7,10-13,18-20,27H,8-9,14H2,1H3,(H,25,29)(H,26,28)/t18-,19-,20+/m0/s1. The van der Waals surface area contributed by atoms with Gasteiger partial charge in [0.25, 0.3) is 11.8 Å². The van der Waals surface area contributed by atoms with Crippen LogP contribution in [0.25, 0.3) is 0 Å². The highest BCUT2D eigenvalue weighted by molar-refractivity contribution is 5.95. The highest BCUT2D eigenvalue weighted by atomic mass is 16.5. The van der Waals surface area contributed by atoms with E-state index in [2.05, 4.69) is 10.6 Å². The molecule has 0 heterocycles. The van der Waals surface area contributed by atoms with Crippen LogP contribution in [0.4, 0.5) is 0 Å². The van der Waals surface area contributed by atoms with Gasteiger partial charge in [-0.2, -0.15) is 5.26 Å². The van der Waals surface area contributed by atoms with Crippen LogP contribution in [0.15, 0.2) is 60.7 Å². The number of ether oxygens (including phenoxy) is 1. The Balaban J connectivity index is 2.20. The fraction of sp³-hybridized carbons (Fsp3) is 0.304. The second kappa shape index (κ2) is 12.1. The minimum atomic E-state index is -1.67. The average Bonchev–Trinajstić information content (AvgIpc) is 2.81. The Morgan fingerprint density at radius 2 is 1.65 bits per heavy atom. The van der Waals surface area contributed by atoms with Crippen molar-refractivity contribution in [2.24, 2.45) is 0 Å². The number of aliphatic hydroxyl groups is 1. The summed E-state index contributed by atoms with van der Waals surface area (Å²) >= 11 is 0. The molecule has 0 spiro atoms. The molecular weight excluding hydrogens is 398 g/mol. The van der Waals surface area contributed by atoms with Crippen molar-refractivity contribution in [3.8, 4) is 6.07 Å². The number of amides is 2. The first-order valence-corrected chi connectivity index (χ1v) is 9.82. The number of hydrogen-bond donors (Lipinski definition) is 3. The normalized spacial score (nSPS) is 13.2. The van der Waals surface area contributed by atoms with Crippen LogP contribution in [0.3, 0.4) is 0 Å². The first kappa shape index (κ1) is 23.6. The van der Waals surface area contributed by atoms with E-state index < -0.39 is 36.0 Å². The Kier molecular flexibility index (Phi) is 9.20. The predicted molar refractivity (Wildman–Crippen MR) is 113 cm³/mol. The van der Waals surface area contributed by atoms with Crippen LogP contribution in [0.1, 0.15) is 41.2 Å². The van der Waals surface area contributed by atoms with Crippen LogP contribution >= 0.6 is 0 Å². The number of hydrogen-bond acceptors (Lipinski definition) is 6. The van der Waals surface area contributed by atoms with Crippen LogP contribution in [0, 0.1) is 11.3 Å². The number of rotatable bonds is 10. The first-order valence-electron chi connectivity index (χ1n) is 9.82. The summed E-state index contributed by atoms with van der Waals surface area (Å²) in [6, 6.07) is 16.9. The Labute approximate surface area is 180 Å². The number of esters is 1. The SMILES string of the molecule is COC(=O)[C@H](CCCC#N)NC(=O)[C@H](O)[C@@H](NC(=O)c1ccccc1)c1ccccc1. The van der Waals surface area contributed by atoms with E-state index in [1.165, 1.54) is 7.11 Å². The van der Waals surface area contributed by atoms with Crippen molar-refractivity contribution in [2.75, 3.05) is 7.11 Å². The molecule has 0 fully saturated rings. The lowest BCUT2D eigenvalue weighted by Crippen LogP contribution is -2.50. The van der Waals surface area contributed by atoms with Crippen LogP contribution in [0.2, 0.25) is 0 Å². The molecule has 162 valence electrons. The summed E-state index contributed by atoms with van der Waals surface area (Å²) < 4.78 is 4.70. The second-order valence-corrected chi connectivity index (χ2v) is 6.81. The fourth-order valence-corrected chi connectivity index (χ4v) is 3.00. The molecule has 0 unspecified atom stereocenters. The Hall–Kier alpha value is -3.70. The van der Waals surface area contributed by atoms with Crippen LogP contribution < -0.4 is 10.6 Å². The molecule has 3 N–H and O–H groups in total. The number of carbonyl (C=O) groups excluding carboxylic acids is 3. The van der Waals surface area contributed by atoms with Crippen molar-refractivity contribution >= 4 is 17.8 Å². The third-order valence-electron chi connectivity index (χ3n) is 4.65. The lowest BCUT2D eigenvalue weighted by atomic mass is 9.99. The topological polar surface area (TPSA) is 129 Å². The summed E-state index contributed by atoms with van der Waals surface area (Å²) in [5.74, 6) is -1.97. The largest absolute Gasteiger partial charge is 0.467 e. The number of unbranched alkanes of at least 4 members (excludes halogenated alkanes) is 1. The lowest BCUT2D eigenvalue weighted by Gasteiger charge is -2.26. The number of carbonyl (C=O) groups is 3. The zero-order valence-corrected chi connectivity index (χ0v) is 17.2. The van der Waals surface area contributed by atoms with E-state index in [1.54, 1.807) is 60.7 Å². The van der Waals surface area contributed by atoms with Gasteiger partial charge in [-0.25, -0.2) is 4.79 Å². The van der Waals surface area contributed by atoms with Crippen molar-refractivity contribution in [3.63, 3.8) is 0 Å². The van der Waals surface area contributed by atoms with E-state index in [1.807, 2.05) is 6.07 Å². The number of methoxy groups -OCH3 is 1. The van der Waals surface area contributed by atoms with Gasteiger partial charge < -0.3 is 20.5 Å². The number of aliphatic hydroxyl groups excluding tert-OH is 1. The average molecular weight is 423 g/mol. The minimum Gasteiger partial charge on any atom is -0.467 e. The van der Waals surface area contributed by atoms with E-state index in [9.17, 15) is 19.5 Å². The summed E-state index contributed by atoms with van der Waals surface area (Å²) in [6.07, 6.45) is -0.894. The minimum absolute atomic E-state index is 0.186. The van der Waals surface area contributed by atoms with Crippen molar-refractivity contribution in [1.29, 1.82) is 5.26 Å². The third-order valence-corrected chi connectivity index (χ3v) is 4.65. The maximum Gasteiger partial charge on any atom is 0.328 e. The zero-order chi connectivity index (χ0) is 22.6. The van der Waals surface area contributed by atoms with E-state index in [0.717, 1.165) is 0 Å². The number of nitriles is 1. The van der Waals surface area contributed by atoms with Gasteiger partial charge in [-0.1, -0.05) is 48.5 Å². The van der Waals surface area contributed by atoms with Gasteiger partial charge in [-0.15, -0.1) is 0 Å². The quantitative estimate of drug-likeness (QED) is 0.395. The van der Waals surface area contributed by atoms with Crippen LogP contribution in [0.5, 0.6) is 0 Å². The molecule has 8 heteroatoms. The molecule has 2 aromatic carbocycles. The van der Waals surface area contributed by atoms with Gasteiger partial charge >= 0.3 is 5.97 Å². The summed E-state index contributed by atoms with van der Waals surface area (Å²) in [4.78, 5) is 37.4. The smallest absolute Gasteiger partial charge is 0.328 e. The maximum absolute atomic E-state index is 12.8. The summed E-state index contributed by atoms with van der Waals surface area (Å²) in [5, 5.41) is 24.6. The van der Waals surface area contributed by atoms with Gasteiger partial charge in [-0.05, 0) is 30.5 Å². The van der Waals surface area contributed by atoms with Crippen molar-refractivity contribution in [2.45, 2.75) is 37.5 Å². The van der Waals surface area contributed by atoms with Gasteiger partial charge in [0.1, 0.15) is 6.04 Å². The van der Waals surface area contributed by atoms with E-state index in [4.69, 9.17) is 10.00 Å². The number of nitrogens with zero attached hydrogens (tertiary/aromatic N) is 1. The number of nitrogens with one attached hydrogen (secondary N) is 2. The molecule has 0 aliphatic heterocycles. The molecule has 2 amide bonds. The van der Waals surface area contributed by atoms with Gasteiger partial charge in [0.15, 0.2) is 6.10 Å². The molecule has 0 aliphatic rings. The fourth-order valence-electron chi connectivity index (χ4n) is 3.00. The number of benzene rings is 2. The molecule has 0 saturated heterocycles. The van der Waals surface area contributed by atoms with Crippen molar-refractivity contribution in [3.05, 3.63) is 71.8 Å². The molecule has 0 bridgehead atoms. The summed E-state index contributed by atoms with van der Waals surface area (Å²) in [6.45, 7) is 0. The molecule has 0 aromatic heterocycles. The first-order chi connectivity index (χ1) is 15.0. The molecule has 0 aliphatic carbocycles. The van der Waals surface area contributed by atoms with E-state index in [-0.39, 0.29) is 12.8 Å². The molecule has 3 atom stereocenters. The summed E-state index contributed by atoms with van der Waals surface area (Å²) in [5.41, 5.74) is 0.897. The Bertz CT molecular complexity index is 912. The van der Waals surface area contributed by atoms with Crippen LogP contribution in [-0.2, 0) is 14.3 Å². The highest BCUT2D eigenvalue weighted by Crippen LogP contribution is 2.19. The van der Waals surface area contributed by atoms with Gasteiger partial charge in [-0.3, -0.25) is 9.59 Å². The highest BCUT2D eigenvalue weighted by Gasteiger charge is 2.32. The molecule has 2 rings (SSSR count). The van der Waals surface area contributed by atoms with Gasteiger partial charge in [0.2, 0.25) is 0 Å². The maximum atomic E-state index is 12.8. The molecule has 31 heavy (non-hydrogen) atoms. The van der Waals surface area contributed by atoms with Crippen molar-refractivity contribution in [1.82, 2.24) is 10.6 Å². The summed E-state index contributed by atoms with van der Waals surface area (Å²) in [7, 11) is 1.19. The molecule has 0 radical (unpaired) electrons. The van der Waals surface area contributed by atoms with Crippen LogP contribution in [-0.4, -0.2) is 42.1 Å². The molecule has 2 aromatic rings. The lowest BCUT2D eigenvalue weighted by molar-refractivity contribution is -0.146. The molecular formula is C23H25N3O5. The predicted octanol–water partition coefficient (Wildman–Crippen LogP) is 1.87. The third kappa shape index (κ3) is 6.94. The zero-order valence-electron chi connectivity index (χ0n) is 17.2. The van der Waals surface area contributed by atoms with Gasteiger partial charge in [0.05, 0.1) is 19.2 Å². The Morgan fingerprint density at radius 3 is 2.23 bits per heavy atom. The van der Waals surface area contributed by atoms with Gasteiger partial charge in [0, 0.05) is 12.0 Å². The second-order valence-electron chi connectivity index (χ2n) is 6.81. The van der Waals surface area contributed by atoms with E-state index >= 15 is 0 Å². The molecule has 8 nitrogen and oxygen atoms in total. The Morgan fingerprint density at radius 1 is 1.03 bits per heavy atom.